The Morgan fingerprint density at radius 3 is 2.20 bits per heavy atom. The highest BCUT2D eigenvalue weighted by atomic mass is 16.2. The van der Waals surface area contributed by atoms with Crippen LogP contribution in [0.5, 0.6) is 0 Å². The number of carbonyl (C=O) groups excluding carboxylic acids is 1. The molecule has 1 unspecified atom stereocenters. The molecule has 0 spiro atoms. The van der Waals surface area contributed by atoms with E-state index in [-0.39, 0.29) is 17.4 Å². The summed E-state index contributed by atoms with van der Waals surface area (Å²) >= 11 is 0. The minimum atomic E-state index is 0.0215. The number of nitrogens with zero attached hydrogens (tertiary/aromatic N) is 1. The molecule has 0 radical (unpaired) electrons. The molecule has 0 heterocycles. The molecule has 0 saturated carbocycles. The summed E-state index contributed by atoms with van der Waals surface area (Å²) < 4.78 is 0. The maximum Gasteiger partial charge on any atom is 0.234 e. The van der Waals surface area contributed by atoms with Crippen molar-refractivity contribution in [1.82, 2.24) is 10.2 Å². The van der Waals surface area contributed by atoms with Gasteiger partial charge < -0.3 is 5.32 Å². The van der Waals surface area contributed by atoms with Crippen LogP contribution in [0.1, 0.15) is 50.4 Å². The zero-order valence-electron chi connectivity index (χ0n) is 16.0. The number of amides is 1. The zero-order valence-corrected chi connectivity index (χ0v) is 16.0. The van der Waals surface area contributed by atoms with E-state index >= 15 is 0 Å². The fraction of sp³-hybridized carbons (Fsp3) is 0.409. The summed E-state index contributed by atoms with van der Waals surface area (Å²) in [7, 11) is 1.98. The maximum atomic E-state index is 12.3. The monoisotopic (exact) mass is 338 g/mol. The van der Waals surface area contributed by atoms with Gasteiger partial charge in [-0.15, -0.1) is 0 Å². The lowest BCUT2D eigenvalue weighted by molar-refractivity contribution is -0.122. The van der Waals surface area contributed by atoms with Gasteiger partial charge in [0.25, 0.3) is 0 Å². The van der Waals surface area contributed by atoms with E-state index in [0.717, 1.165) is 12.1 Å². The Balaban J connectivity index is 1.85. The van der Waals surface area contributed by atoms with E-state index in [1.54, 1.807) is 0 Å². The van der Waals surface area contributed by atoms with Gasteiger partial charge in [-0.2, -0.15) is 0 Å². The summed E-state index contributed by atoms with van der Waals surface area (Å²) in [5.74, 6) is 0.0464. The molecule has 134 valence electrons. The standard InChI is InChI=1S/C22H30N2O/c1-17(19-9-7-6-8-10-19)23-21(25)16-24(5)15-18-11-13-20(14-12-18)22(2,3)4/h6-14,17H,15-16H2,1-5H3,(H,23,25). The van der Waals surface area contributed by atoms with E-state index in [0.29, 0.717) is 6.54 Å². The highest BCUT2D eigenvalue weighted by Crippen LogP contribution is 2.22. The normalized spacial score (nSPS) is 12.9. The van der Waals surface area contributed by atoms with Crippen molar-refractivity contribution < 1.29 is 4.79 Å². The zero-order chi connectivity index (χ0) is 18.4. The number of benzene rings is 2. The Bertz CT molecular complexity index is 671. The van der Waals surface area contributed by atoms with Gasteiger partial charge in [0.15, 0.2) is 0 Å². The van der Waals surface area contributed by atoms with Gasteiger partial charge in [-0.3, -0.25) is 9.69 Å². The molecule has 0 fully saturated rings. The first-order valence-electron chi connectivity index (χ1n) is 8.88. The smallest absolute Gasteiger partial charge is 0.234 e. The summed E-state index contributed by atoms with van der Waals surface area (Å²) in [6.07, 6.45) is 0. The molecule has 25 heavy (non-hydrogen) atoms. The highest BCUT2D eigenvalue weighted by Gasteiger charge is 2.14. The molecule has 0 aromatic heterocycles. The van der Waals surface area contributed by atoms with Gasteiger partial charge in [-0.05, 0) is 36.1 Å². The van der Waals surface area contributed by atoms with Gasteiger partial charge in [0.2, 0.25) is 5.91 Å². The van der Waals surface area contributed by atoms with Crippen LogP contribution >= 0.6 is 0 Å². The summed E-state index contributed by atoms with van der Waals surface area (Å²) in [6, 6.07) is 18.7. The van der Waals surface area contributed by atoms with Gasteiger partial charge in [-0.25, -0.2) is 0 Å². The van der Waals surface area contributed by atoms with Crippen LogP contribution in [-0.2, 0) is 16.8 Å². The molecule has 2 aromatic rings. The van der Waals surface area contributed by atoms with Gasteiger partial charge in [0, 0.05) is 6.54 Å². The molecule has 0 aliphatic rings. The van der Waals surface area contributed by atoms with Crippen LogP contribution in [0.2, 0.25) is 0 Å². The Labute approximate surface area is 152 Å². The van der Waals surface area contributed by atoms with Crippen molar-refractivity contribution in [2.24, 2.45) is 0 Å². The largest absolute Gasteiger partial charge is 0.348 e. The summed E-state index contributed by atoms with van der Waals surface area (Å²) in [6.45, 7) is 9.80. The quantitative estimate of drug-likeness (QED) is 0.852. The Kier molecular flexibility index (Phi) is 6.38. The van der Waals surface area contributed by atoms with Crippen LogP contribution in [0, 0.1) is 0 Å². The summed E-state index contributed by atoms with van der Waals surface area (Å²) in [4.78, 5) is 14.3. The molecule has 3 heteroatoms. The number of hydrogen-bond donors (Lipinski definition) is 1. The van der Waals surface area contributed by atoms with Crippen LogP contribution in [0.3, 0.4) is 0 Å². The van der Waals surface area contributed by atoms with E-state index in [9.17, 15) is 4.79 Å². The van der Waals surface area contributed by atoms with Crippen molar-refractivity contribution in [3.8, 4) is 0 Å². The molecular formula is C22H30N2O. The van der Waals surface area contributed by atoms with Crippen LogP contribution in [0.25, 0.3) is 0 Å². The van der Waals surface area contributed by atoms with Crippen molar-refractivity contribution in [2.45, 2.75) is 45.7 Å². The van der Waals surface area contributed by atoms with Crippen LogP contribution < -0.4 is 5.32 Å². The lowest BCUT2D eigenvalue weighted by Gasteiger charge is -2.21. The van der Waals surface area contributed by atoms with E-state index in [4.69, 9.17) is 0 Å². The topological polar surface area (TPSA) is 32.3 Å². The minimum Gasteiger partial charge on any atom is -0.348 e. The van der Waals surface area contributed by atoms with Crippen molar-refractivity contribution in [3.63, 3.8) is 0 Å². The minimum absolute atomic E-state index is 0.0215. The fourth-order valence-corrected chi connectivity index (χ4v) is 2.84. The molecule has 1 atom stereocenters. The molecule has 2 rings (SSSR count). The second-order valence-corrected chi connectivity index (χ2v) is 7.82. The molecule has 0 saturated heterocycles. The number of nitrogens with one attached hydrogen (secondary N) is 1. The average Bonchev–Trinajstić information content (AvgIpc) is 2.55. The number of likely N-dealkylation sites (N-methyl/N-ethyl adjacent to an activating group) is 1. The molecule has 1 N–H and O–H groups in total. The van der Waals surface area contributed by atoms with Crippen molar-refractivity contribution in [1.29, 1.82) is 0 Å². The van der Waals surface area contributed by atoms with Crippen LogP contribution in [0.4, 0.5) is 0 Å². The van der Waals surface area contributed by atoms with Crippen molar-refractivity contribution >= 4 is 5.91 Å². The number of carbonyl (C=O) groups is 1. The molecule has 0 aliphatic carbocycles. The second-order valence-electron chi connectivity index (χ2n) is 7.82. The third-order valence-corrected chi connectivity index (χ3v) is 4.36. The summed E-state index contributed by atoms with van der Waals surface area (Å²) in [5, 5.41) is 3.06. The van der Waals surface area contributed by atoms with E-state index < -0.39 is 0 Å². The number of hydrogen-bond acceptors (Lipinski definition) is 2. The second kappa shape index (κ2) is 8.30. The lowest BCUT2D eigenvalue weighted by atomic mass is 9.87. The first kappa shape index (κ1) is 19.2. The first-order chi connectivity index (χ1) is 11.8. The van der Waals surface area contributed by atoms with E-state index in [1.165, 1.54) is 11.1 Å². The lowest BCUT2D eigenvalue weighted by Crippen LogP contribution is -2.36. The SMILES string of the molecule is CC(NC(=O)CN(C)Cc1ccc(C(C)(C)C)cc1)c1ccccc1. The van der Waals surface area contributed by atoms with Gasteiger partial charge in [-0.1, -0.05) is 75.4 Å². The van der Waals surface area contributed by atoms with Gasteiger partial charge in [0.1, 0.15) is 0 Å². The third kappa shape index (κ3) is 6.02. The highest BCUT2D eigenvalue weighted by molar-refractivity contribution is 5.78. The molecule has 3 nitrogen and oxygen atoms in total. The Morgan fingerprint density at radius 1 is 1.04 bits per heavy atom. The maximum absolute atomic E-state index is 12.3. The van der Waals surface area contributed by atoms with Crippen molar-refractivity contribution in [3.05, 3.63) is 71.3 Å². The van der Waals surface area contributed by atoms with Gasteiger partial charge >= 0.3 is 0 Å². The van der Waals surface area contributed by atoms with Crippen molar-refractivity contribution in [2.75, 3.05) is 13.6 Å². The third-order valence-electron chi connectivity index (χ3n) is 4.36. The molecule has 0 aliphatic heterocycles. The predicted octanol–water partition coefficient (Wildman–Crippen LogP) is 4.29. The Hall–Kier alpha value is -2.13. The predicted molar refractivity (Wildman–Crippen MR) is 104 cm³/mol. The summed E-state index contributed by atoms with van der Waals surface area (Å²) in [5.41, 5.74) is 3.83. The number of rotatable bonds is 6. The van der Waals surface area contributed by atoms with Crippen LogP contribution in [-0.4, -0.2) is 24.4 Å². The Morgan fingerprint density at radius 2 is 1.64 bits per heavy atom. The molecule has 1 amide bonds. The molecule has 0 bridgehead atoms. The molecule has 2 aromatic carbocycles. The average molecular weight is 338 g/mol. The van der Waals surface area contributed by atoms with Gasteiger partial charge in [0.05, 0.1) is 12.6 Å². The fourth-order valence-electron chi connectivity index (χ4n) is 2.84. The molecular weight excluding hydrogens is 308 g/mol. The van der Waals surface area contributed by atoms with Crippen LogP contribution in [0.15, 0.2) is 54.6 Å². The first-order valence-corrected chi connectivity index (χ1v) is 8.88. The van der Waals surface area contributed by atoms with E-state index in [1.807, 2.05) is 49.2 Å². The van der Waals surface area contributed by atoms with E-state index in [2.05, 4.69) is 50.4 Å².